The summed E-state index contributed by atoms with van der Waals surface area (Å²) >= 11 is 0. The van der Waals surface area contributed by atoms with E-state index in [4.69, 9.17) is 5.11 Å². The Morgan fingerprint density at radius 3 is 2.40 bits per heavy atom. The van der Waals surface area contributed by atoms with E-state index in [0.717, 1.165) is 26.1 Å². The Labute approximate surface area is 92.5 Å². The summed E-state index contributed by atoms with van der Waals surface area (Å²) < 4.78 is 24.8. The van der Waals surface area contributed by atoms with Crippen LogP contribution in [0.1, 0.15) is 20.3 Å². The molecule has 2 N–H and O–H groups in total. The van der Waals surface area contributed by atoms with Crippen LogP contribution in [0.4, 0.5) is 0 Å². The van der Waals surface area contributed by atoms with Crippen molar-refractivity contribution in [3.05, 3.63) is 0 Å². The highest BCUT2D eigenvalue weighted by Gasteiger charge is 2.08. The Morgan fingerprint density at radius 2 is 1.93 bits per heavy atom. The Hall–Kier alpha value is -0.170. The molecule has 0 saturated carbocycles. The number of nitrogens with one attached hydrogen (secondary N) is 1. The van der Waals surface area contributed by atoms with Crippen LogP contribution in [-0.2, 0) is 10.0 Å². The highest BCUT2D eigenvalue weighted by Crippen LogP contribution is 1.90. The van der Waals surface area contributed by atoms with Gasteiger partial charge < -0.3 is 10.0 Å². The first-order valence-electron chi connectivity index (χ1n) is 5.36. The second-order valence-electron chi connectivity index (χ2n) is 3.37. The molecule has 0 atom stereocenters. The Morgan fingerprint density at radius 1 is 1.27 bits per heavy atom. The van der Waals surface area contributed by atoms with E-state index >= 15 is 0 Å². The normalized spacial score (nSPS) is 12.3. The molecule has 0 aromatic rings. The number of nitrogens with zero attached hydrogens (tertiary/aromatic N) is 1. The molecule has 5 nitrogen and oxygen atoms in total. The van der Waals surface area contributed by atoms with Gasteiger partial charge in [0.1, 0.15) is 0 Å². The highest BCUT2D eigenvalue weighted by atomic mass is 32.2. The van der Waals surface area contributed by atoms with Crippen LogP contribution in [0.15, 0.2) is 0 Å². The van der Waals surface area contributed by atoms with Gasteiger partial charge in [0.15, 0.2) is 0 Å². The van der Waals surface area contributed by atoms with E-state index in [-0.39, 0.29) is 12.4 Å². The molecule has 0 saturated heterocycles. The molecule has 0 aliphatic rings. The lowest BCUT2D eigenvalue weighted by atomic mass is 10.4. The zero-order valence-corrected chi connectivity index (χ0v) is 10.4. The van der Waals surface area contributed by atoms with Crippen LogP contribution in [0.25, 0.3) is 0 Å². The molecule has 0 rings (SSSR count). The smallest absolute Gasteiger partial charge is 0.213 e. The van der Waals surface area contributed by atoms with E-state index in [1.54, 1.807) is 0 Å². The number of rotatable bonds is 9. The molecule has 0 spiro atoms. The van der Waals surface area contributed by atoms with Gasteiger partial charge >= 0.3 is 0 Å². The summed E-state index contributed by atoms with van der Waals surface area (Å²) in [6, 6.07) is 0. The van der Waals surface area contributed by atoms with Crippen LogP contribution >= 0.6 is 0 Å². The number of sulfonamides is 1. The Bertz CT molecular complexity index is 242. The lowest BCUT2D eigenvalue weighted by Gasteiger charge is -2.19. The molecule has 0 radical (unpaired) electrons. The molecule has 0 fully saturated rings. The molecule has 0 unspecified atom stereocenters. The first-order chi connectivity index (χ1) is 7.05. The molecule has 0 amide bonds. The molecular weight excluding hydrogens is 216 g/mol. The second kappa shape index (κ2) is 8.04. The van der Waals surface area contributed by atoms with Crippen molar-refractivity contribution < 1.29 is 13.5 Å². The van der Waals surface area contributed by atoms with Crippen molar-refractivity contribution in [2.24, 2.45) is 0 Å². The fourth-order valence-electron chi connectivity index (χ4n) is 1.30. The first kappa shape index (κ1) is 14.8. The summed E-state index contributed by atoms with van der Waals surface area (Å²) in [5, 5.41) is 8.51. The van der Waals surface area contributed by atoms with Crippen molar-refractivity contribution in [2.45, 2.75) is 20.3 Å². The highest BCUT2D eigenvalue weighted by molar-refractivity contribution is 7.89. The van der Waals surface area contributed by atoms with Gasteiger partial charge in [0, 0.05) is 13.1 Å². The summed E-state index contributed by atoms with van der Waals surface area (Å²) in [6.07, 6.45) is 1.07. The number of aliphatic hydroxyl groups excluding tert-OH is 1. The molecule has 0 aromatic heterocycles. The van der Waals surface area contributed by atoms with Gasteiger partial charge in [-0.2, -0.15) is 0 Å². The van der Waals surface area contributed by atoms with Crippen molar-refractivity contribution in [3.63, 3.8) is 0 Å². The number of hydrogen-bond donors (Lipinski definition) is 2. The fourth-order valence-corrected chi connectivity index (χ4v) is 2.08. The van der Waals surface area contributed by atoms with Gasteiger partial charge in [0.25, 0.3) is 0 Å². The summed E-state index contributed by atoms with van der Waals surface area (Å²) in [6.45, 7) is 6.86. The van der Waals surface area contributed by atoms with E-state index < -0.39 is 10.0 Å². The van der Waals surface area contributed by atoms with Gasteiger partial charge in [-0.25, -0.2) is 13.1 Å². The number of likely N-dealkylation sites (N-methyl/N-ethyl adjacent to an activating group) is 1. The molecule has 0 bridgehead atoms. The van der Waals surface area contributed by atoms with Crippen molar-refractivity contribution in [2.75, 3.05) is 38.5 Å². The van der Waals surface area contributed by atoms with Crippen molar-refractivity contribution in [1.82, 2.24) is 9.62 Å². The number of hydrogen-bond acceptors (Lipinski definition) is 4. The summed E-state index contributed by atoms with van der Waals surface area (Å²) in [5.41, 5.74) is 0. The molecule has 0 heterocycles. The van der Waals surface area contributed by atoms with E-state index in [0.29, 0.717) is 6.54 Å². The maximum absolute atomic E-state index is 11.2. The third-order valence-electron chi connectivity index (χ3n) is 2.10. The van der Waals surface area contributed by atoms with E-state index in [1.807, 2.05) is 0 Å². The molecular formula is C9H22N2O3S. The van der Waals surface area contributed by atoms with E-state index in [1.165, 1.54) is 0 Å². The van der Waals surface area contributed by atoms with Crippen molar-refractivity contribution in [3.8, 4) is 0 Å². The average molecular weight is 238 g/mol. The lowest BCUT2D eigenvalue weighted by molar-refractivity contribution is 0.293. The molecule has 92 valence electrons. The minimum atomic E-state index is -3.28. The second-order valence-corrected chi connectivity index (χ2v) is 5.30. The number of aliphatic hydroxyl groups is 1. The summed E-state index contributed by atoms with van der Waals surface area (Å²) in [5.74, 6) is -0.215. The van der Waals surface area contributed by atoms with Gasteiger partial charge in [0.05, 0.1) is 12.4 Å². The predicted octanol–water partition coefficient (Wildman–Crippen LogP) is -0.370. The summed E-state index contributed by atoms with van der Waals surface area (Å²) in [7, 11) is -3.28. The van der Waals surface area contributed by atoms with Crippen LogP contribution in [0, 0.1) is 0 Å². The SMILES string of the molecule is CCCN(CC)CCNS(=O)(=O)CCO. The minimum absolute atomic E-state index is 0.215. The third-order valence-corrected chi connectivity index (χ3v) is 3.46. The van der Waals surface area contributed by atoms with E-state index in [9.17, 15) is 8.42 Å². The zero-order valence-electron chi connectivity index (χ0n) is 9.57. The molecule has 6 heteroatoms. The monoisotopic (exact) mass is 238 g/mol. The van der Waals surface area contributed by atoms with Crippen LogP contribution in [-0.4, -0.2) is 57.0 Å². The van der Waals surface area contributed by atoms with Crippen LogP contribution in [0.5, 0.6) is 0 Å². The van der Waals surface area contributed by atoms with Gasteiger partial charge in [-0.3, -0.25) is 0 Å². The van der Waals surface area contributed by atoms with Crippen LogP contribution < -0.4 is 4.72 Å². The Kier molecular flexibility index (Phi) is 7.95. The molecule has 0 aliphatic carbocycles. The van der Waals surface area contributed by atoms with Gasteiger partial charge in [0.2, 0.25) is 10.0 Å². The molecule has 15 heavy (non-hydrogen) atoms. The molecule has 0 aliphatic heterocycles. The topological polar surface area (TPSA) is 69.6 Å². The van der Waals surface area contributed by atoms with Crippen molar-refractivity contribution in [1.29, 1.82) is 0 Å². The first-order valence-corrected chi connectivity index (χ1v) is 7.01. The van der Waals surface area contributed by atoms with Crippen LogP contribution in [0.3, 0.4) is 0 Å². The quantitative estimate of drug-likeness (QED) is 0.575. The Balaban J connectivity index is 3.76. The lowest BCUT2D eigenvalue weighted by Crippen LogP contribution is -2.36. The maximum atomic E-state index is 11.2. The third kappa shape index (κ3) is 7.72. The van der Waals surface area contributed by atoms with Crippen molar-refractivity contribution >= 4 is 10.0 Å². The van der Waals surface area contributed by atoms with E-state index in [2.05, 4.69) is 23.5 Å². The maximum Gasteiger partial charge on any atom is 0.213 e. The minimum Gasteiger partial charge on any atom is -0.395 e. The van der Waals surface area contributed by atoms with Crippen LogP contribution in [0.2, 0.25) is 0 Å². The zero-order chi connectivity index (χ0) is 11.7. The standard InChI is InChI=1S/C9H22N2O3S/c1-3-6-11(4-2)7-5-10-15(13,14)9-8-12/h10,12H,3-9H2,1-2H3. The molecule has 0 aromatic carbocycles. The predicted molar refractivity (Wildman–Crippen MR) is 61.3 cm³/mol. The largest absolute Gasteiger partial charge is 0.395 e. The van der Waals surface area contributed by atoms with Gasteiger partial charge in [-0.1, -0.05) is 13.8 Å². The fraction of sp³-hybridized carbons (Fsp3) is 1.00. The average Bonchev–Trinajstić information content (AvgIpc) is 2.16. The van der Waals surface area contributed by atoms with Gasteiger partial charge in [-0.15, -0.1) is 0 Å². The van der Waals surface area contributed by atoms with Gasteiger partial charge in [-0.05, 0) is 19.5 Å². The summed E-state index contributed by atoms with van der Waals surface area (Å²) in [4.78, 5) is 2.18.